The molecular formula is C27H29F3N4O3. The number of ether oxygens (including phenoxy) is 1. The van der Waals surface area contributed by atoms with Crippen molar-refractivity contribution >= 4 is 23.7 Å². The zero-order valence-corrected chi connectivity index (χ0v) is 20.5. The van der Waals surface area contributed by atoms with E-state index >= 15 is 0 Å². The largest absolute Gasteiger partial charge is 0.478 e. The summed E-state index contributed by atoms with van der Waals surface area (Å²) in [6.07, 6.45) is 2.32. The lowest BCUT2D eigenvalue weighted by molar-refractivity contribution is -0.137. The van der Waals surface area contributed by atoms with Crippen LogP contribution in [0.15, 0.2) is 79.0 Å². The molecule has 2 aromatic carbocycles. The van der Waals surface area contributed by atoms with E-state index < -0.39 is 11.7 Å². The number of nitrogens with two attached hydrogens (primary N) is 1. The number of rotatable bonds is 6. The second kappa shape index (κ2) is 14.4. The van der Waals surface area contributed by atoms with Gasteiger partial charge in [0.2, 0.25) is 12.3 Å². The summed E-state index contributed by atoms with van der Waals surface area (Å²) in [5, 5.41) is 2.24. The fourth-order valence-electron chi connectivity index (χ4n) is 3.29. The molecular weight excluding hydrogens is 485 g/mol. The maximum absolute atomic E-state index is 12.0. The Morgan fingerprint density at radius 2 is 1.68 bits per heavy atom. The predicted molar refractivity (Wildman–Crippen MR) is 138 cm³/mol. The van der Waals surface area contributed by atoms with Crippen LogP contribution in [0.1, 0.15) is 18.9 Å². The third-order valence-corrected chi connectivity index (χ3v) is 5.02. The SMILES string of the molecule is CCOc1ccc(-c2ccc(N3CCC=CC3=O)cc2)cn1.CN.O=CNc1ccc(C(F)(F)F)cc1. The first-order chi connectivity index (χ1) is 17.8. The van der Waals surface area contributed by atoms with Crippen molar-refractivity contribution in [3.05, 3.63) is 84.6 Å². The first kappa shape index (κ1) is 29.1. The first-order valence-electron chi connectivity index (χ1n) is 11.4. The van der Waals surface area contributed by atoms with Gasteiger partial charge in [0, 0.05) is 35.7 Å². The van der Waals surface area contributed by atoms with Gasteiger partial charge in [0.15, 0.2) is 0 Å². The van der Waals surface area contributed by atoms with Gasteiger partial charge in [-0.1, -0.05) is 18.2 Å². The van der Waals surface area contributed by atoms with Crippen molar-refractivity contribution in [1.29, 1.82) is 0 Å². The van der Waals surface area contributed by atoms with Crippen LogP contribution in [-0.4, -0.2) is 37.5 Å². The Labute approximate surface area is 213 Å². The highest BCUT2D eigenvalue weighted by atomic mass is 19.4. The van der Waals surface area contributed by atoms with Crippen LogP contribution in [-0.2, 0) is 15.8 Å². The third kappa shape index (κ3) is 8.76. The van der Waals surface area contributed by atoms with E-state index in [1.54, 1.807) is 17.2 Å². The van der Waals surface area contributed by atoms with Gasteiger partial charge in [-0.05, 0) is 74.5 Å². The Hall–Kier alpha value is -4.18. The Bertz CT molecular complexity index is 1150. The quantitative estimate of drug-likeness (QED) is 0.436. The minimum Gasteiger partial charge on any atom is -0.478 e. The normalized spacial score (nSPS) is 12.5. The molecule has 0 bridgehead atoms. The summed E-state index contributed by atoms with van der Waals surface area (Å²) in [5.41, 5.74) is 7.13. The molecule has 0 radical (unpaired) electrons. The van der Waals surface area contributed by atoms with Crippen LogP contribution >= 0.6 is 0 Å². The summed E-state index contributed by atoms with van der Waals surface area (Å²) in [6, 6.07) is 16.0. The summed E-state index contributed by atoms with van der Waals surface area (Å²) < 4.78 is 41.4. The highest BCUT2D eigenvalue weighted by molar-refractivity contribution is 6.02. The Kier molecular flexibility index (Phi) is 11.3. The highest BCUT2D eigenvalue weighted by Gasteiger charge is 2.29. The molecule has 0 saturated carbocycles. The molecule has 3 N–H and O–H groups in total. The van der Waals surface area contributed by atoms with Gasteiger partial charge in [0.05, 0.1) is 12.2 Å². The number of carbonyl (C=O) groups is 2. The first-order valence-corrected chi connectivity index (χ1v) is 11.4. The molecule has 3 aromatic rings. The van der Waals surface area contributed by atoms with Crippen molar-refractivity contribution in [2.45, 2.75) is 19.5 Å². The average molecular weight is 515 g/mol. The van der Waals surface area contributed by atoms with Crippen LogP contribution in [0.25, 0.3) is 11.1 Å². The number of hydrogen-bond acceptors (Lipinski definition) is 5. The van der Waals surface area contributed by atoms with Gasteiger partial charge in [0.25, 0.3) is 5.91 Å². The molecule has 0 unspecified atom stereocenters. The van der Waals surface area contributed by atoms with E-state index in [0.29, 0.717) is 24.6 Å². The van der Waals surface area contributed by atoms with Gasteiger partial charge in [-0.3, -0.25) is 9.59 Å². The number of nitrogens with zero attached hydrogens (tertiary/aromatic N) is 2. The molecule has 0 saturated heterocycles. The molecule has 0 fully saturated rings. The van der Waals surface area contributed by atoms with E-state index in [-0.39, 0.29) is 5.91 Å². The summed E-state index contributed by atoms with van der Waals surface area (Å²) >= 11 is 0. The maximum atomic E-state index is 12.0. The lowest BCUT2D eigenvalue weighted by Crippen LogP contribution is -2.32. The number of benzene rings is 2. The second-order valence-corrected chi connectivity index (χ2v) is 7.38. The zero-order chi connectivity index (χ0) is 27.3. The molecule has 196 valence electrons. The van der Waals surface area contributed by atoms with E-state index in [1.165, 1.54) is 19.2 Å². The number of aromatic nitrogens is 1. The molecule has 1 aromatic heterocycles. The Morgan fingerprint density at radius 3 is 2.19 bits per heavy atom. The molecule has 10 heteroatoms. The van der Waals surface area contributed by atoms with Crippen molar-refractivity contribution in [1.82, 2.24) is 4.98 Å². The van der Waals surface area contributed by atoms with Crippen LogP contribution in [0.2, 0.25) is 0 Å². The summed E-state index contributed by atoms with van der Waals surface area (Å²) in [5.74, 6) is 0.676. The second-order valence-electron chi connectivity index (χ2n) is 7.38. The molecule has 7 nitrogen and oxygen atoms in total. The van der Waals surface area contributed by atoms with Crippen LogP contribution < -0.4 is 20.7 Å². The molecule has 2 heterocycles. The van der Waals surface area contributed by atoms with Crippen molar-refractivity contribution in [2.24, 2.45) is 5.73 Å². The molecule has 1 aliphatic rings. The number of amides is 2. The van der Waals surface area contributed by atoms with Crippen molar-refractivity contribution < 1.29 is 27.5 Å². The van der Waals surface area contributed by atoms with Crippen LogP contribution in [0.5, 0.6) is 5.88 Å². The summed E-state index contributed by atoms with van der Waals surface area (Å²) in [7, 11) is 1.50. The van der Waals surface area contributed by atoms with E-state index in [9.17, 15) is 22.8 Å². The molecule has 0 aliphatic carbocycles. The van der Waals surface area contributed by atoms with E-state index in [0.717, 1.165) is 41.9 Å². The van der Waals surface area contributed by atoms with Crippen molar-refractivity contribution in [3.8, 4) is 17.0 Å². The molecule has 4 rings (SSSR count). The maximum Gasteiger partial charge on any atom is 0.416 e. The Morgan fingerprint density at radius 1 is 1.03 bits per heavy atom. The van der Waals surface area contributed by atoms with Gasteiger partial charge in [-0.25, -0.2) is 4.98 Å². The van der Waals surface area contributed by atoms with Crippen LogP contribution in [0, 0.1) is 0 Å². The number of alkyl halides is 3. The van der Waals surface area contributed by atoms with E-state index in [1.807, 2.05) is 49.4 Å². The van der Waals surface area contributed by atoms with Crippen molar-refractivity contribution in [3.63, 3.8) is 0 Å². The monoisotopic (exact) mass is 514 g/mol. The van der Waals surface area contributed by atoms with Crippen molar-refractivity contribution in [2.75, 3.05) is 30.4 Å². The smallest absolute Gasteiger partial charge is 0.416 e. The molecule has 0 spiro atoms. The Balaban J connectivity index is 0.000000275. The van der Waals surface area contributed by atoms with Gasteiger partial charge in [-0.2, -0.15) is 13.2 Å². The zero-order valence-electron chi connectivity index (χ0n) is 20.5. The van der Waals surface area contributed by atoms with Gasteiger partial charge < -0.3 is 20.7 Å². The van der Waals surface area contributed by atoms with Gasteiger partial charge in [-0.15, -0.1) is 0 Å². The number of anilines is 2. The van der Waals surface area contributed by atoms with E-state index in [4.69, 9.17) is 4.74 Å². The average Bonchev–Trinajstić information content (AvgIpc) is 2.91. The minimum absolute atomic E-state index is 0.0433. The van der Waals surface area contributed by atoms with Crippen LogP contribution in [0.4, 0.5) is 24.5 Å². The lowest BCUT2D eigenvalue weighted by Gasteiger charge is -2.23. The molecule has 0 atom stereocenters. The fourth-order valence-corrected chi connectivity index (χ4v) is 3.29. The number of nitrogens with one attached hydrogen (secondary N) is 1. The van der Waals surface area contributed by atoms with Gasteiger partial charge >= 0.3 is 6.18 Å². The topological polar surface area (TPSA) is 97.6 Å². The predicted octanol–water partition coefficient (Wildman–Crippen LogP) is 5.29. The minimum atomic E-state index is -4.33. The number of carbonyl (C=O) groups excluding carboxylic acids is 2. The molecule has 2 amide bonds. The number of hydrogen-bond donors (Lipinski definition) is 2. The molecule has 1 aliphatic heterocycles. The van der Waals surface area contributed by atoms with Crippen LogP contribution in [0.3, 0.4) is 0 Å². The number of halogens is 3. The highest BCUT2D eigenvalue weighted by Crippen LogP contribution is 2.29. The summed E-state index contributed by atoms with van der Waals surface area (Å²) in [4.78, 5) is 27.9. The standard InChI is InChI=1S/C18H18N2O2.C8H6F3NO.CH5N/c1-2-22-17-11-8-15(13-19-17)14-6-9-16(10-7-14)20-12-4-3-5-18(20)21;9-8(10,11)6-1-3-7(4-2-6)12-5-13;1-2/h3,5-11,13H,2,4,12H2,1H3;1-5H,(H,12,13);2H2,1H3. The lowest BCUT2D eigenvalue weighted by atomic mass is 10.1. The number of pyridine rings is 1. The van der Waals surface area contributed by atoms with Gasteiger partial charge in [0.1, 0.15) is 0 Å². The third-order valence-electron chi connectivity index (χ3n) is 5.02. The molecule has 37 heavy (non-hydrogen) atoms. The van der Waals surface area contributed by atoms with E-state index in [2.05, 4.69) is 16.0 Å². The fraction of sp³-hybridized carbons (Fsp3) is 0.222. The summed E-state index contributed by atoms with van der Waals surface area (Å²) in [6.45, 7) is 3.28.